The molecule has 4 aromatic rings. The van der Waals surface area contributed by atoms with Gasteiger partial charge in [0.25, 0.3) is 0 Å². The van der Waals surface area contributed by atoms with Gasteiger partial charge in [0.1, 0.15) is 6.33 Å². The molecule has 2 heterocycles. The summed E-state index contributed by atoms with van der Waals surface area (Å²) in [6.07, 6.45) is 3.63. The van der Waals surface area contributed by atoms with E-state index in [1.54, 1.807) is 66.6 Å². The second-order valence-corrected chi connectivity index (χ2v) is 10.6. The van der Waals surface area contributed by atoms with Crippen molar-refractivity contribution in [1.29, 1.82) is 0 Å². The molecule has 2 aromatic carbocycles. The third-order valence-corrected chi connectivity index (χ3v) is 7.13. The number of nitrogens with one attached hydrogen (secondary N) is 2. The lowest BCUT2D eigenvalue weighted by Gasteiger charge is -2.25. The molecular formula is C29H29Cl2N9O4. The monoisotopic (exact) mass is 637 g/mol. The molecule has 0 radical (unpaired) electrons. The summed E-state index contributed by atoms with van der Waals surface area (Å²) in [4.78, 5) is 39.4. The molecule has 44 heavy (non-hydrogen) atoms. The number of rotatable bonds is 10. The number of anilines is 1. The largest absolute Gasteiger partial charge is 0.453 e. The van der Waals surface area contributed by atoms with Crippen LogP contribution in [0.5, 0.6) is 0 Å². The number of halogens is 2. The van der Waals surface area contributed by atoms with E-state index in [2.05, 4.69) is 41.1 Å². The van der Waals surface area contributed by atoms with Gasteiger partial charge in [0.15, 0.2) is 5.15 Å². The van der Waals surface area contributed by atoms with Gasteiger partial charge in [-0.3, -0.25) is 14.9 Å². The topological polar surface area (TPSA) is 157 Å². The lowest BCUT2D eigenvalue weighted by atomic mass is 10.0. The highest BCUT2D eigenvalue weighted by Gasteiger charge is 2.24. The molecule has 15 heteroatoms. The molecule has 228 valence electrons. The van der Waals surface area contributed by atoms with E-state index >= 15 is 0 Å². The Morgan fingerprint density at radius 1 is 1.07 bits per heavy atom. The highest BCUT2D eigenvalue weighted by Crippen LogP contribution is 2.30. The minimum absolute atomic E-state index is 0.0600. The number of tetrazole rings is 1. The summed E-state index contributed by atoms with van der Waals surface area (Å²) >= 11 is 12.6. The minimum Gasteiger partial charge on any atom is -0.453 e. The fourth-order valence-corrected chi connectivity index (χ4v) is 4.41. The molecule has 0 aliphatic heterocycles. The van der Waals surface area contributed by atoms with Crippen LogP contribution in [0.4, 0.5) is 10.5 Å². The van der Waals surface area contributed by atoms with Gasteiger partial charge in [0, 0.05) is 41.0 Å². The van der Waals surface area contributed by atoms with Crippen LogP contribution in [0.2, 0.25) is 10.2 Å². The highest BCUT2D eigenvalue weighted by atomic mass is 35.5. The van der Waals surface area contributed by atoms with Crippen LogP contribution >= 0.6 is 23.2 Å². The Labute approximate surface area is 263 Å². The Hall–Kier alpha value is -4.88. The summed E-state index contributed by atoms with van der Waals surface area (Å²) in [6, 6.07) is 12.7. The molecule has 2 N–H and O–H groups in total. The lowest BCUT2D eigenvalue weighted by Crippen LogP contribution is -2.37. The van der Waals surface area contributed by atoms with Crippen molar-refractivity contribution in [3.8, 4) is 16.8 Å². The number of hydrogen-bond acceptors (Lipinski definition) is 9. The molecule has 0 aliphatic carbocycles. The van der Waals surface area contributed by atoms with Gasteiger partial charge in [-0.15, -0.1) is 10.2 Å². The maximum Gasteiger partial charge on any atom is 0.411 e. The van der Waals surface area contributed by atoms with E-state index in [1.807, 2.05) is 13.8 Å². The number of hydrogen-bond donors (Lipinski definition) is 2. The number of benzene rings is 2. The second kappa shape index (κ2) is 14.5. The number of amides is 3. The van der Waals surface area contributed by atoms with Crippen molar-refractivity contribution >= 4 is 52.9 Å². The number of aromatic nitrogens is 6. The summed E-state index contributed by atoms with van der Waals surface area (Å²) in [5.74, 6) is -0.698. The minimum atomic E-state index is -0.844. The van der Waals surface area contributed by atoms with E-state index < -0.39 is 18.0 Å². The number of methoxy groups -OCH3 is 1. The first kappa shape index (κ1) is 32.0. The SMILES string of the molecule is COC(=O)Nc1ccc(-c2cc(C(CC(=O)N(C)C(C)C)NC(=O)/C=C/c3cc(Cl)ccc3-n3cnnn3)nnc2Cl)cc1. The highest BCUT2D eigenvalue weighted by molar-refractivity contribution is 6.32. The van der Waals surface area contributed by atoms with E-state index in [0.29, 0.717) is 38.8 Å². The molecule has 0 bridgehead atoms. The summed E-state index contributed by atoms with van der Waals surface area (Å²) < 4.78 is 6.07. The standard InChI is InChI=1S/C29H29Cl2N9O4/c1-17(2)39(3)27(42)15-23(34-26(41)12-7-19-13-20(30)8-11-25(19)40-16-32-37-38-40)24-14-22(28(31)36-35-24)18-5-9-21(10-6-18)33-29(43)44-4/h5-14,16-17,23H,15H2,1-4H3,(H,33,43)(H,34,41)/b12-7+. The molecule has 0 spiro atoms. The van der Waals surface area contributed by atoms with Crippen molar-refractivity contribution in [2.75, 3.05) is 19.5 Å². The summed E-state index contributed by atoms with van der Waals surface area (Å²) in [7, 11) is 2.96. The molecule has 4 rings (SSSR count). The van der Waals surface area contributed by atoms with E-state index in [0.717, 1.165) is 0 Å². The maximum atomic E-state index is 13.2. The quantitative estimate of drug-likeness (QED) is 0.234. The van der Waals surface area contributed by atoms with Gasteiger partial charge in [-0.1, -0.05) is 35.3 Å². The van der Waals surface area contributed by atoms with Crippen molar-refractivity contribution in [1.82, 2.24) is 40.6 Å². The molecule has 0 aliphatic rings. The van der Waals surface area contributed by atoms with Crippen molar-refractivity contribution in [2.24, 2.45) is 0 Å². The number of ether oxygens (including phenoxy) is 1. The first-order valence-electron chi connectivity index (χ1n) is 13.3. The van der Waals surface area contributed by atoms with Gasteiger partial charge in [0.05, 0.1) is 31.0 Å². The number of carbonyl (C=O) groups excluding carboxylic acids is 3. The third-order valence-electron chi connectivity index (χ3n) is 6.62. The molecule has 0 fully saturated rings. The van der Waals surface area contributed by atoms with Gasteiger partial charge in [-0.2, -0.15) is 9.78 Å². The Morgan fingerprint density at radius 3 is 2.48 bits per heavy atom. The van der Waals surface area contributed by atoms with E-state index in [-0.39, 0.29) is 23.5 Å². The molecule has 0 saturated heterocycles. The molecule has 3 amide bonds. The predicted molar refractivity (Wildman–Crippen MR) is 165 cm³/mol. The maximum absolute atomic E-state index is 13.2. The van der Waals surface area contributed by atoms with Crippen molar-refractivity contribution < 1.29 is 19.1 Å². The van der Waals surface area contributed by atoms with Crippen LogP contribution in [-0.4, -0.2) is 73.4 Å². The molecule has 2 aromatic heterocycles. The van der Waals surface area contributed by atoms with Gasteiger partial charge >= 0.3 is 6.09 Å². The zero-order chi connectivity index (χ0) is 31.8. The van der Waals surface area contributed by atoms with Gasteiger partial charge in [-0.05, 0) is 72.3 Å². The third kappa shape index (κ3) is 8.14. The second-order valence-electron chi connectivity index (χ2n) is 9.82. The van der Waals surface area contributed by atoms with Crippen molar-refractivity contribution in [3.05, 3.63) is 82.4 Å². The Balaban J connectivity index is 1.63. The average molecular weight is 639 g/mol. The molecular weight excluding hydrogens is 609 g/mol. The van der Waals surface area contributed by atoms with Crippen LogP contribution in [0.15, 0.2) is 60.9 Å². The Bertz CT molecular complexity index is 1660. The lowest BCUT2D eigenvalue weighted by molar-refractivity contribution is -0.132. The van der Waals surface area contributed by atoms with Crippen molar-refractivity contribution in [3.63, 3.8) is 0 Å². The van der Waals surface area contributed by atoms with Crippen LogP contribution in [0, 0.1) is 0 Å². The molecule has 1 unspecified atom stereocenters. The summed E-state index contributed by atoms with van der Waals surface area (Å²) in [6.45, 7) is 3.78. The molecule has 0 saturated carbocycles. The van der Waals surface area contributed by atoms with Crippen LogP contribution < -0.4 is 10.6 Å². The Kier molecular flexibility index (Phi) is 10.6. The first-order valence-corrected chi connectivity index (χ1v) is 14.1. The number of carbonyl (C=O) groups is 3. The fourth-order valence-electron chi connectivity index (χ4n) is 4.03. The summed E-state index contributed by atoms with van der Waals surface area (Å²) in [5, 5.41) is 25.5. The molecule has 1 atom stereocenters. The van der Waals surface area contributed by atoms with Crippen LogP contribution in [-0.2, 0) is 14.3 Å². The number of nitrogens with zero attached hydrogens (tertiary/aromatic N) is 7. The molecule has 13 nitrogen and oxygen atoms in total. The zero-order valence-corrected chi connectivity index (χ0v) is 25.7. The average Bonchev–Trinajstić information content (AvgIpc) is 3.55. The fraction of sp³-hybridized carbons (Fsp3) is 0.241. The smallest absolute Gasteiger partial charge is 0.411 e. The van der Waals surface area contributed by atoms with E-state index in [4.69, 9.17) is 23.2 Å². The van der Waals surface area contributed by atoms with Crippen LogP contribution in [0.3, 0.4) is 0 Å². The van der Waals surface area contributed by atoms with E-state index in [9.17, 15) is 14.4 Å². The van der Waals surface area contributed by atoms with E-state index in [1.165, 1.54) is 24.2 Å². The van der Waals surface area contributed by atoms with Gasteiger partial charge in [-0.25, -0.2) is 4.79 Å². The van der Waals surface area contributed by atoms with Gasteiger partial charge < -0.3 is 15.0 Å². The van der Waals surface area contributed by atoms with Gasteiger partial charge in [0.2, 0.25) is 11.8 Å². The van der Waals surface area contributed by atoms with Crippen LogP contribution in [0.25, 0.3) is 22.9 Å². The zero-order valence-electron chi connectivity index (χ0n) is 24.2. The predicted octanol–water partition coefficient (Wildman–Crippen LogP) is 4.73. The first-order chi connectivity index (χ1) is 21.0. The normalized spacial score (nSPS) is 11.8. The van der Waals surface area contributed by atoms with Crippen LogP contribution in [0.1, 0.15) is 37.6 Å². The summed E-state index contributed by atoms with van der Waals surface area (Å²) in [5.41, 5.74) is 3.23. The van der Waals surface area contributed by atoms with Crippen molar-refractivity contribution in [2.45, 2.75) is 32.4 Å². The Morgan fingerprint density at radius 2 is 1.82 bits per heavy atom.